The van der Waals surface area contributed by atoms with Crippen molar-refractivity contribution in [2.75, 3.05) is 13.7 Å². The molecule has 1 aliphatic rings. The lowest BCUT2D eigenvalue weighted by Gasteiger charge is -2.21. The number of halogens is 1. The Bertz CT molecular complexity index is 571. The van der Waals surface area contributed by atoms with Gasteiger partial charge in [-0.15, -0.1) is 0 Å². The van der Waals surface area contributed by atoms with Gasteiger partial charge in [0.1, 0.15) is 5.71 Å². The summed E-state index contributed by atoms with van der Waals surface area (Å²) in [7, 11) is 1.52. The summed E-state index contributed by atoms with van der Waals surface area (Å²) in [5.74, 6) is -0.477. The zero-order chi connectivity index (χ0) is 15.4. The van der Waals surface area contributed by atoms with Crippen molar-refractivity contribution < 1.29 is 14.7 Å². The molecule has 0 spiro atoms. The summed E-state index contributed by atoms with van der Waals surface area (Å²) >= 11 is 3.34. The SMILES string of the molecule is CN1N=C(C(=O)NC(CO)c2ccc(Br)cc2)CCC1=O. The summed E-state index contributed by atoms with van der Waals surface area (Å²) < 4.78 is 0.922. The highest BCUT2D eigenvalue weighted by Crippen LogP contribution is 2.17. The van der Waals surface area contributed by atoms with Crippen molar-refractivity contribution in [3.8, 4) is 0 Å². The van der Waals surface area contributed by atoms with Gasteiger partial charge in [-0.25, -0.2) is 5.01 Å². The van der Waals surface area contributed by atoms with Crippen molar-refractivity contribution in [3.63, 3.8) is 0 Å². The third kappa shape index (κ3) is 3.89. The van der Waals surface area contributed by atoms with E-state index in [1.807, 2.05) is 24.3 Å². The molecule has 0 fully saturated rings. The van der Waals surface area contributed by atoms with E-state index in [0.717, 1.165) is 10.0 Å². The maximum absolute atomic E-state index is 12.2. The standard InChI is InChI=1S/C14H16BrN3O3/c1-18-13(20)7-6-11(17-18)14(21)16-12(8-19)9-2-4-10(15)5-3-9/h2-5,12,19H,6-8H2,1H3,(H,16,21). The van der Waals surface area contributed by atoms with Crippen LogP contribution in [0.5, 0.6) is 0 Å². The topological polar surface area (TPSA) is 82.0 Å². The van der Waals surface area contributed by atoms with E-state index >= 15 is 0 Å². The van der Waals surface area contributed by atoms with Crippen LogP contribution in [0.4, 0.5) is 0 Å². The molecule has 0 aromatic heterocycles. The first-order valence-electron chi connectivity index (χ1n) is 6.52. The third-order valence-corrected chi connectivity index (χ3v) is 3.76. The highest BCUT2D eigenvalue weighted by atomic mass is 79.9. The van der Waals surface area contributed by atoms with E-state index in [9.17, 15) is 14.7 Å². The molecule has 2 rings (SSSR count). The van der Waals surface area contributed by atoms with Crippen molar-refractivity contribution >= 4 is 33.5 Å². The average molecular weight is 354 g/mol. The molecule has 7 heteroatoms. The van der Waals surface area contributed by atoms with Crippen LogP contribution in [0.1, 0.15) is 24.4 Å². The molecule has 1 unspecified atom stereocenters. The summed E-state index contributed by atoms with van der Waals surface area (Å²) in [4.78, 5) is 23.5. The van der Waals surface area contributed by atoms with Gasteiger partial charge < -0.3 is 10.4 Å². The molecule has 1 aromatic rings. The van der Waals surface area contributed by atoms with E-state index < -0.39 is 6.04 Å². The number of benzene rings is 1. The molecule has 0 bridgehead atoms. The molecule has 0 saturated carbocycles. The van der Waals surface area contributed by atoms with Gasteiger partial charge in [0.05, 0.1) is 12.6 Å². The van der Waals surface area contributed by atoms with Crippen molar-refractivity contribution in [2.45, 2.75) is 18.9 Å². The molecule has 2 N–H and O–H groups in total. The van der Waals surface area contributed by atoms with E-state index in [1.54, 1.807) is 0 Å². The number of aliphatic hydroxyl groups excluding tert-OH is 1. The quantitative estimate of drug-likeness (QED) is 0.853. The molecule has 0 saturated heterocycles. The minimum atomic E-state index is -0.503. The average Bonchev–Trinajstić information content (AvgIpc) is 2.48. The normalized spacial score (nSPS) is 16.4. The van der Waals surface area contributed by atoms with Gasteiger partial charge >= 0.3 is 0 Å². The van der Waals surface area contributed by atoms with Crippen LogP contribution in [0.2, 0.25) is 0 Å². The summed E-state index contributed by atoms with van der Waals surface area (Å²) in [6, 6.07) is 6.83. The minimum absolute atomic E-state index is 0.113. The summed E-state index contributed by atoms with van der Waals surface area (Å²) in [5, 5.41) is 17.3. The van der Waals surface area contributed by atoms with Gasteiger partial charge in [0.25, 0.3) is 5.91 Å². The van der Waals surface area contributed by atoms with Gasteiger partial charge in [0, 0.05) is 24.4 Å². The second-order valence-electron chi connectivity index (χ2n) is 4.72. The third-order valence-electron chi connectivity index (χ3n) is 3.23. The number of hydrazone groups is 1. The lowest BCUT2D eigenvalue weighted by atomic mass is 10.1. The lowest BCUT2D eigenvalue weighted by Crippen LogP contribution is -2.40. The Hall–Kier alpha value is -1.73. The molecule has 6 nitrogen and oxygen atoms in total. The number of carbonyl (C=O) groups excluding carboxylic acids is 2. The van der Waals surface area contributed by atoms with E-state index in [2.05, 4.69) is 26.3 Å². The number of rotatable bonds is 4. The van der Waals surface area contributed by atoms with Crippen molar-refractivity contribution in [3.05, 3.63) is 34.3 Å². The van der Waals surface area contributed by atoms with Gasteiger partial charge in [-0.3, -0.25) is 9.59 Å². The maximum Gasteiger partial charge on any atom is 0.268 e. The number of carbonyl (C=O) groups is 2. The van der Waals surface area contributed by atoms with Gasteiger partial charge in [-0.1, -0.05) is 28.1 Å². The first-order chi connectivity index (χ1) is 10.0. The van der Waals surface area contributed by atoms with E-state index in [4.69, 9.17) is 0 Å². The van der Waals surface area contributed by atoms with Crippen LogP contribution in [0.15, 0.2) is 33.8 Å². The van der Waals surface area contributed by atoms with Gasteiger partial charge in [-0.2, -0.15) is 5.10 Å². The van der Waals surface area contributed by atoms with Crippen LogP contribution in [-0.2, 0) is 9.59 Å². The van der Waals surface area contributed by atoms with Crippen LogP contribution in [0.25, 0.3) is 0 Å². The Morgan fingerprint density at radius 2 is 2.10 bits per heavy atom. The smallest absolute Gasteiger partial charge is 0.268 e. The fraction of sp³-hybridized carbons (Fsp3) is 0.357. The fourth-order valence-electron chi connectivity index (χ4n) is 2.00. The molecule has 0 radical (unpaired) electrons. The molecule has 1 heterocycles. The van der Waals surface area contributed by atoms with Gasteiger partial charge in [-0.05, 0) is 17.7 Å². The minimum Gasteiger partial charge on any atom is -0.394 e. The number of nitrogens with one attached hydrogen (secondary N) is 1. The lowest BCUT2D eigenvalue weighted by molar-refractivity contribution is -0.130. The first-order valence-corrected chi connectivity index (χ1v) is 7.31. The first kappa shape index (κ1) is 15.7. The Morgan fingerprint density at radius 3 is 2.67 bits per heavy atom. The van der Waals surface area contributed by atoms with E-state index in [-0.39, 0.29) is 24.8 Å². The summed E-state index contributed by atoms with van der Waals surface area (Å²) in [6.07, 6.45) is 0.582. The van der Waals surface area contributed by atoms with Crippen molar-refractivity contribution in [2.24, 2.45) is 5.10 Å². The Balaban J connectivity index is 2.08. The number of hydrogen-bond donors (Lipinski definition) is 2. The molecular formula is C14H16BrN3O3. The maximum atomic E-state index is 12.2. The molecule has 1 aliphatic heterocycles. The largest absolute Gasteiger partial charge is 0.394 e. The number of aliphatic hydroxyl groups is 1. The fourth-order valence-corrected chi connectivity index (χ4v) is 2.27. The molecule has 1 atom stereocenters. The molecule has 0 aliphatic carbocycles. The molecule has 21 heavy (non-hydrogen) atoms. The predicted octanol–water partition coefficient (Wildman–Crippen LogP) is 1.21. The van der Waals surface area contributed by atoms with Crippen molar-refractivity contribution in [1.29, 1.82) is 0 Å². The highest BCUT2D eigenvalue weighted by Gasteiger charge is 2.24. The number of amides is 2. The van der Waals surface area contributed by atoms with Crippen LogP contribution in [-0.4, -0.2) is 41.3 Å². The monoisotopic (exact) mass is 353 g/mol. The number of nitrogens with zero attached hydrogens (tertiary/aromatic N) is 2. The van der Waals surface area contributed by atoms with Crippen LogP contribution in [0, 0.1) is 0 Å². The molecule has 1 aromatic carbocycles. The number of hydrogen-bond acceptors (Lipinski definition) is 4. The zero-order valence-corrected chi connectivity index (χ0v) is 13.1. The molecular weight excluding hydrogens is 338 g/mol. The zero-order valence-electron chi connectivity index (χ0n) is 11.5. The van der Waals surface area contributed by atoms with Crippen LogP contribution < -0.4 is 5.32 Å². The Kier molecular flexibility index (Phi) is 5.08. The van der Waals surface area contributed by atoms with Crippen LogP contribution >= 0.6 is 15.9 Å². The predicted molar refractivity (Wildman–Crippen MR) is 81.6 cm³/mol. The molecule has 112 valence electrons. The Labute approximate surface area is 131 Å². The second kappa shape index (κ2) is 6.82. The second-order valence-corrected chi connectivity index (χ2v) is 5.64. The molecule has 2 amide bonds. The summed E-state index contributed by atoms with van der Waals surface area (Å²) in [5.41, 5.74) is 1.10. The van der Waals surface area contributed by atoms with Crippen molar-refractivity contribution in [1.82, 2.24) is 10.3 Å². The van der Waals surface area contributed by atoms with Crippen LogP contribution in [0.3, 0.4) is 0 Å². The van der Waals surface area contributed by atoms with Gasteiger partial charge in [0.15, 0.2) is 0 Å². The van der Waals surface area contributed by atoms with E-state index in [0.29, 0.717) is 12.1 Å². The Morgan fingerprint density at radius 1 is 1.43 bits per heavy atom. The highest BCUT2D eigenvalue weighted by molar-refractivity contribution is 9.10. The van der Waals surface area contributed by atoms with Gasteiger partial charge in [0.2, 0.25) is 5.91 Å². The van der Waals surface area contributed by atoms with E-state index in [1.165, 1.54) is 12.1 Å². The summed E-state index contributed by atoms with van der Waals surface area (Å²) in [6.45, 7) is -0.213.